The molecule has 4 heteroatoms. The molecular weight excluding hydrogens is 271 g/mol. The molecule has 1 aliphatic rings. The number of rotatable bonds is 3. The van der Waals surface area contributed by atoms with Crippen LogP contribution in [-0.4, -0.2) is 19.1 Å². The first-order valence-electron chi connectivity index (χ1n) is 6.07. The van der Waals surface area contributed by atoms with E-state index in [1.54, 1.807) is 0 Å². The van der Waals surface area contributed by atoms with Crippen LogP contribution in [0.5, 0.6) is 0 Å². The van der Waals surface area contributed by atoms with Gasteiger partial charge in [0.15, 0.2) is 5.79 Å². The van der Waals surface area contributed by atoms with Crippen LogP contribution in [0.4, 0.5) is 0 Å². The van der Waals surface area contributed by atoms with E-state index >= 15 is 0 Å². The lowest BCUT2D eigenvalue weighted by atomic mass is 9.92. The minimum atomic E-state index is -0.720. The zero-order chi connectivity index (χ0) is 13.2. The summed E-state index contributed by atoms with van der Waals surface area (Å²) in [4.78, 5) is 0. The fourth-order valence-electron chi connectivity index (χ4n) is 1.99. The maximum atomic E-state index is 6.00. The van der Waals surface area contributed by atoms with E-state index in [4.69, 9.17) is 32.7 Å². The number of ether oxygens (including phenoxy) is 2. The Morgan fingerprint density at radius 1 is 1.11 bits per heavy atom. The van der Waals surface area contributed by atoms with Crippen LogP contribution in [-0.2, 0) is 15.3 Å². The van der Waals surface area contributed by atoms with Crippen LogP contribution in [0, 0.1) is 5.41 Å². The predicted octanol–water partition coefficient (Wildman–Crippen LogP) is 4.19. The molecule has 1 fully saturated rings. The number of hydrogen-bond acceptors (Lipinski definition) is 2. The Bertz CT molecular complexity index is 391. The summed E-state index contributed by atoms with van der Waals surface area (Å²) in [6.07, 6.45) is 0.631. The average molecular weight is 289 g/mol. The molecule has 18 heavy (non-hydrogen) atoms. The summed E-state index contributed by atoms with van der Waals surface area (Å²) in [7, 11) is 0. The summed E-state index contributed by atoms with van der Waals surface area (Å²) in [5.74, 6) is -0.231. The van der Waals surface area contributed by atoms with Gasteiger partial charge in [-0.15, -0.1) is 11.6 Å². The van der Waals surface area contributed by atoms with Crippen molar-refractivity contribution in [2.24, 2.45) is 5.41 Å². The van der Waals surface area contributed by atoms with E-state index in [0.29, 0.717) is 30.5 Å². The molecule has 0 saturated carbocycles. The van der Waals surface area contributed by atoms with Gasteiger partial charge in [0.05, 0.1) is 13.2 Å². The highest BCUT2D eigenvalue weighted by atomic mass is 35.5. The summed E-state index contributed by atoms with van der Waals surface area (Å²) < 4.78 is 12.0. The first-order valence-corrected chi connectivity index (χ1v) is 6.99. The van der Waals surface area contributed by atoms with Gasteiger partial charge < -0.3 is 9.47 Å². The highest BCUT2D eigenvalue weighted by molar-refractivity contribution is 6.30. The quantitative estimate of drug-likeness (QED) is 0.777. The van der Waals surface area contributed by atoms with Gasteiger partial charge in [0.1, 0.15) is 0 Å². The zero-order valence-corrected chi connectivity index (χ0v) is 12.2. The molecule has 1 aromatic carbocycles. The molecule has 100 valence electrons. The lowest BCUT2D eigenvalue weighted by Crippen LogP contribution is -2.45. The Morgan fingerprint density at radius 3 is 2.17 bits per heavy atom. The molecule has 0 unspecified atom stereocenters. The van der Waals surface area contributed by atoms with E-state index in [9.17, 15) is 0 Å². The first kappa shape index (κ1) is 14.1. The molecule has 0 radical (unpaired) electrons. The highest BCUT2D eigenvalue weighted by Crippen LogP contribution is 2.39. The largest absolute Gasteiger partial charge is 0.345 e. The second kappa shape index (κ2) is 5.38. The van der Waals surface area contributed by atoms with Crippen molar-refractivity contribution < 1.29 is 9.47 Å². The van der Waals surface area contributed by atoms with Crippen molar-refractivity contribution >= 4 is 23.2 Å². The highest BCUT2D eigenvalue weighted by Gasteiger charge is 2.41. The predicted molar refractivity (Wildman–Crippen MR) is 74.2 cm³/mol. The molecule has 0 bridgehead atoms. The Morgan fingerprint density at radius 2 is 1.67 bits per heavy atom. The first-order chi connectivity index (χ1) is 8.47. The standard InChI is InChI=1S/C14H18Cl2O2/c1-13(2)9-17-14(7-8-15,18-10-13)11-3-5-12(16)6-4-11/h3-6H,7-10H2,1-2H3. The molecular formula is C14H18Cl2O2. The molecule has 1 heterocycles. The third kappa shape index (κ3) is 3.00. The summed E-state index contributed by atoms with van der Waals surface area (Å²) >= 11 is 11.8. The Labute approximate surface area is 118 Å². The van der Waals surface area contributed by atoms with Gasteiger partial charge in [-0.2, -0.15) is 0 Å². The summed E-state index contributed by atoms with van der Waals surface area (Å²) in [6.45, 7) is 5.57. The second-order valence-corrected chi connectivity index (χ2v) is 6.25. The molecule has 0 aliphatic carbocycles. The number of alkyl halides is 1. The molecule has 0 aromatic heterocycles. The monoisotopic (exact) mass is 288 g/mol. The van der Waals surface area contributed by atoms with E-state index in [1.165, 1.54) is 0 Å². The van der Waals surface area contributed by atoms with Gasteiger partial charge in [-0.25, -0.2) is 0 Å². The minimum absolute atomic E-state index is 0.0439. The van der Waals surface area contributed by atoms with Crippen LogP contribution < -0.4 is 0 Å². The van der Waals surface area contributed by atoms with E-state index in [2.05, 4.69) is 13.8 Å². The normalized spacial score (nSPS) is 21.8. The van der Waals surface area contributed by atoms with Gasteiger partial charge in [0, 0.05) is 28.3 Å². The third-order valence-corrected chi connectivity index (χ3v) is 3.54. The van der Waals surface area contributed by atoms with Crippen LogP contribution >= 0.6 is 23.2 Å². The topological polar surface area (TPSA) is 18.5 Å². The Balaban J connectivity index is 2.25. The molecule has 1 aliphatic heterocycles. The van der Waals surface area contributed by atoms with Gasteiger partial charge in [-0.1, -0.05) is 37.6 Å². The van der Waals surface area contributed by atoms with Gasteiger partial charge in [0.25, 0.3) is 0 Å². The fourth-order valence-corrected chi connectivity index (χ4v) is 2.37. The van der Waals surface area contributed by atoms with Crippen molar-refractivity contribution in [3.05, 3.63) is 34.9 Å². The molecule has 0 amide bonds. The molecule has 0 atom stereocenters. The molecule has 0 spiro atoms. The number of hydrogen-bond donors (Lipinski definition) is 0. The van der Waals surface area contributed by atoms with Crippen LogP contribution in [0.15, 0.2) is 24.3 Å². The Hall–Kier alpha value is -0.280. The van der Waals surface area contributed by atoms with E-state index < -0.39 is 5.79 Å². The van der Waals surface area contributed by atoms with Crippen molar-refractivity contribution in [1.29, 1.82) is 0 Å². The number of halogens is 2. The third-order valence-electron chi connectivity index (χ3n) is 3.10. The molecule has 1 aromatic rings. The summed E-state index contributed by atoms with van der Waals surface area (Å²) in [6, 6.07) is 7.57. The maximum absolute atomic E-state index is 6.00. The van der Waals surface area contributed by atoms with Crippen LogP contribution in [0.2, 0.25) is 5.02 Å². The van der Waals surface area contributed by atoms with Gasteiger partial charge in [-0.05, 0) is 12.1 Å². The molecule has 1 saturated heterocycles. The lowest BCUT2D eigenvalue weighted by molar-refractivity contribution is -0.308. The minimum Gasteiger partial charge on any atom is -0.345 e. The van der Waals surface area contributed by atoms with Crippen LogP contribution in [0.3, 0.4) is 0 Å². The summed E-state index contributed by atoms with van der Waals surface area (Å²) in [5.41, 5.74) is 1.02. The van der Waals surface area contributed by atoms with Crippen molar-refractivity contribution in [2.45, 2.75) is 26.1 Å². The van der Waals surface area contributed by atoms with Crippen LogP contribution in [0.25, 0.3) is 0 Å². The van der Waals surface area contributed by atoms with E-state index in [-0.39, 0.29) is 5.41 Å². The molecule has 0 N–H and O–H groups in total. The van der Waals surface area contributed by atoms with Gasteiger partial charge in [0.2, 0.25) is 0 Å². The smallest absolute Gasteiger partial charge is 0.195 e. The van der Waals surface area contributed by atoms with Crippen LogP contribution in [0.1, 0.15) is 25.8 Å². The SMILES string of the molecule is CC1(C)COC(CCCl)(c2ccc(Cl)cc2)OC1. The van der Waals surface area contributed by atoms with Gasteiger partial charge >= 0.3 is 0 Å². The fraction of sp³-hybridized carbons (Fsp3) is 0.571. The molecule has 2 nitrogen and oxygen atoms in total. The lowest BCUT2D eigenvalue weighted by Gasteiger charge is -2.43. The molecule has 2 rings (SSSR count). The van der Waals surface area contributed by atoms with Crippen molar-refractivity contribution in [2.75, 3.05) is 19.1 Å². The maximum Gasteiger partial charge on any atom is 0.195 e. The zero-order valence-electron chi connectivity index (χ0n) is 10.7. The van der Waals surface area contributed by atoms with E-state index in [1.807, 2.05) is 24.3 Å². The van der Waals surface area contributed by atoms with Crippen molar-refractivity contribution in [3.63, 3.8) is 0 Å². The van der Waals surface area contributed by atoms with Gasteiger partial charge in [-0.3, -0.25) is 0 Å². The number of benzene rings is 1. The van der Waals surface area contributed by atoms with Crippen molar-refractivity contribution in [1.82, 2.24) is 0 Å². The average Bonchev–Trinajstić information content (AvgIpc) is 2.34. The summed E-state index contributed by atoms with van der Waals surface area (Å²) in [5, 5.41) is 0.705. The Kier molecular flexibility index (Phi) is 4.22. The van der Waals surface area contributed by atoms with Crippen molar-refractivity contribution in [3.8, 4) is 0 Å². The van der Waals surface area contributed by atoms with E-state index in [0.717, 1.165) is 5.56 Å². The second-order valence-electron chi connectivity index (χ2n) is 5.44.